The van der Waals surface area contributed by atoms with Crippen LogP contribution in [0.5, 0.6) is 5.75 Å². The fourth-order valence-corrected chi connectivity index (χ4v) is 3.90. The van der Waals surface area contributed by atoms with Crippen molar-refractivity contribution in [1.29, 1.82) is 0 Å². The molecule has 0 saturated carbocycles. The number of nitrogens with zero attached hydrogens (tertiary/aromatic N) is 3. The predicted octanol–water partition coefficient (Wildman–Crippen LogP) is 4.66. The van der Waals surface area contributed by atoms with Crippen LogP contribution in [0.1, 0.15) is 19.3 Å². The molecule has 1 fully saturated rings. The summed E-state index contributed by atoms with van der Waals surface area (Å²) in [6.45, 7) is 1.58. The first-order chi connectivity index (χ1) is 13.2. The van der Waals surface area contributed by atoms with Crippen LogP contribution in [-0.2, 0) is 4.74 Å². The van der Waals surface area contributed by atoms with Gasteiger partial charge in [0, 0.05) is 24.1 Å². The van der Waals surface area contributed by atoms with Crippen LogP contribution in [0.4, 0.5) is 5.82 Å². The van der Waals surface area contributed by atoms with Crippen molar-refractivity contribution in [3.63, 3.8) is 0 Å². The lowest BCUT2D eigenvalue weighted by molar-refractivity contribution is 0.166. The van der Waals surface area contributed by atoms with E-state index in [4.69, 9.17) is 21.3 Å². The summed E-state index contributed by atoms with van der Waals surface area (Å²) >= 11 is 6.22. The number of phenols is 1. The summed E-state index contributed by atoms with van der Waals surface area (Å²) in [7, 11) is 1.73. The standard InChI is InChI=1S/C21H22ClN3O2/c1-27-13-15-6-4-5-11-25(15)21-16-10-9-14(22)12-18(16)23-20(24-21)17-7-2-3-8-19(17)26/h2-3,7-10,12,15,26H,4-6,11,13H2,1H3. The van der Waals surface area contributed by atoms with Gasteiger partial charge in [-0.3, -0.25) is 0 Å². The molecule has 0 bridgehead atoms. The molecule has 1 aliphatic rings. The number of aromatic nitrogens is 2. The van der Waals surface area contributed by atoms with E-state index >= 15 is 0 Å². The maximum absolute atomic E-state index is 10.3. The number of phenolic OH excluding ortho intramolecular Hbond substituents is 1. The van der Waals surface area contributed by atoms with Gasteiger partial charge in [0.05, 0.1) is 23.7 Å². The van der Waals surface area contributed by atoms with E-state index in [1.54, 1.807) is 19.2 Å². The van der Waals surface area contributed by atoms with E-state index in [1.165, 1.54) is 6.42 Å². The Morgan fingerprint density at radius 1 is 1.19 bits per heavy atom. The average molecular weight is 384 g/mol. The number of piperidine rings is 1. The molecule has 6 heteroatoms. The fourth-order valence-electron chi connectivity index (χ4n) is 3.73. The highest BCUT2D eigenvalue weighted by Gasteiger charge is 2.26. The van der Waals surface area contributed by atoms with Crippen LogP contribution in [-0.4, -0.2) is 41.4 Å². The van der Waals surface area contributed by atoms with Crippen LogP contribution >= 0.6 is 11.6 Å². The number of benzene rings is 2. The first-order valence-electron chi connectivity index (χ1n) is 9.18. The summed E-state index contributed by atoms with van der Waals surface area (Å²) < 4.78 is 5.45. The van der Waals surface area contributed by atoms with Crippen LogP contribution < -0.4 is 4.90 Å². The average Bonchev–Trinajstić information content (AvgIpc) is 2.68. The maximum atomic E-state index is 10.3. The normalized spacial score (nSPS) is 17.4. The molecular weight excluding hydrogens is 362 g/mol. The number of hydrogen-bond acceptors (Lipinski definition) is 5. The number of hydrogen-bond donors (Lipinski definition) is 1. The van der Waals surface area contributed by atoms with E-state index in [2.05, 4.69) is 9.88 Å². The third-order valence-electron chi connectivity index (χ3n) is 5.04. The highest BCUT2D eigenvalue weighted by molar-refractivity contribution is 6.31. The second-order valence-corrected chi connectivity index (χ2v) is 7.28. The molecule has 5 nitrogen and oxygen atoms in total. The zero-order valence-electron chi connectivity index (χ0n) is 15.2. The maximum Gasteiger partial charge on any atom is 0.165 e. The van der Waals surface area contributed by atoms with Crippen molar-refractivity contribution >= 4 is 28.3 Å². The first kappa shape index (κ1) is 18.0. The summed E-state index contributed by atoms with van der Waals surface area (Å²) in [5.74, 6) is 1.54. The van der Waals surface area contributed by atoms with Gasteiger partial charge in [0.2, 0.25) is 0 Å². The number of rotatable bonds is 4. The third-order valence-corrected chi connectivity index (χ3v) is 5.28. The molecule has 3 aromatic rings. The van der Waals surface area contributed by atoms with E-state index in [-0.39, 0.29) is 11.8 Å². The molecule has 0 radical (unpaired) electrons. The Kier molecular flexibility index (Phi) is 5.14. The first-order valence-corrected chi connectivity index (χ1v) is 9.56. The number of fused-ring (bicyclic) bond motifs is 1. The largest absolute Gasteiger partial charge is 0.507 e. The van der Waals surface area contributed by atoms with Gasteiger partial charge in [-0.1, -0.05) is 23.7 Å². The molecule has 1 aliphatic heterocycles. The minimum Gasteiger partial charge on any atom is -0.507 e. The number of ether oxygens (including phenoxy) is 1. The second-order valence-electron chi connectivity index (χ2n) is 6.85. The van der Waals surface area contributed by atoms with Crippen LogP contribution in [0.25, 0.3) is 22.3 Å². The second kappa shape index (κ2) is 7.71. The van der Waals surface area contributed by atoms with Gasteiger partial charge in [0.25, 0.3) is 0 Å². The van der Waals surface area contributed by atoms with Gasteiger partial charge in [-0.15, -0.1) is 0 Å². The number of halogens is 1. The number of methoxy groups -OCH3 is 1. The van der Waals surface area contributed by atoms with Crippen molar-refractivity contribution in [2.24, 2.45) is 0 Å². The summed E-state index contributed by atoms with van der Waals surface area (Å²) in [6, 6.07) is 13.1. The molecule has 2 aromatic carbocycles. The lowest BCUT2D eigenvalue weighted by Gasteiger charge is -2.37. The highest BCUT2D eigenvalue weighted by atomic mass is 35.5. The van der Waals surface area contributed by atoms with Crippen molar-refractivity contribution in [2.45, 2.75) is 25.3 Å². The summed E-state index contributed by atoms with van der Waals surface area (Å²) in [4.78, 5) is 11.9. The van der Waals surface area contributed by atoms with Crippen LogP contribution in [0.3, 0.4) is 0 Å². The van der Waals surface area contributed by atoms with Crippen molar-refractivity contribution in [3.05, 3.63) is 47.5 Å². The van der Waals surface area contributed by atoms with Gasteiger partial charge in [-0.25, -0.2) is 9.97 Å². The molecule has 140 valence electrons. The molecule has 0 spiro atoms. The monoisotopic (exact) mass is 383 g/mol. The molecular formula is C21H22ClN3O2. The Morgan fingerprint density at radius 3 is 2.85 bits per heavy atom. The SMILES string of the molecule is COCC1CCCCN1c1nc(-c2ccccc2O)nc2cc(Cl)ccc12. The summed E-state index contributed by atoms with van der Waals surface area (Å²) in [5, 5.41) is 11.9. The van der Waals surface area contributed by atoms with Crippen LogP contribution in [0, 0.1) is 0 Å². The zero-order chi connectivity index (χ0) is 18.8. The number of anilines is 1. The Hall–Kier alpha value is -2.37. The van der Waals surface area contributed by atoms with E-state index < -0.39 is 0 Å². The van der Waals surface area contributed by atoms with Crippen LogP contribution in [0.15, 0.2) is 42.5 Å². The summed E-state index contributed by atoms with van der Waals surface area (Å²) in [6.07, 6.45) is 3.37. The minimum atomic E-state index is 0.164. The molecule has 0 aliphatic carbocycles. The van der Waals surface area contributed by atoms with Crippen molar-refractivity contribution in [3.8, 4) is 17.1 Å². The smallest absolute Gasteiger partial charge is 0.165 e. The summed E-state index contributed by atoms with van der Waals surface area (Å²) in [5.41, 5.74) is 1.38. The molecule has 1 N–H and O–H groups in total. The Bertz CT molecular complexity index is 961. The Morgan fingerprint density at radius 2 is 2.04 bits per heavy atom. The van der Waals surface area contributed by atoms with Gasteiger partial charge >= 0.3 is 0 Å². The Balaban J connectivity index is 1.91. The topological polar surface area (TPSA) is 58.5 Å². The fraction of sp³-hybridized carbons (Fsp3) is 0.333. The van der Waals surface area contributed by atoms with Crippen LogP contribution in [0.2, 0.25) is 5.02 Å². The van der Waals surface area contributed by atoms with Gasteiger partial charge < -0.3 is 14.7 Å². The highest BCUT2D eigenvalue weighted by Crippen LogP contribution is 2.34. The molecule has 1 aromatic heterocycles. The molecule has 4 rings (SSSR count). The van der Waals surface area contributed by atoms with Gasteiger partial charge in [-0.2, -0.15) is 0 Å². The lowest BCUT2D eigenvalue weighted by Crippen LogP contribution is -2.43. The molecule has 1 unspecified atom stereocenters. The third kappa shape index (κ3) is 3.57. The van der Waals surface area contributed by atoms with E-state index in [1.807, 2.05) is 30.3 Å². The molecule has 0 amide bonds. The minimum absolute atomic E-state index is 0.164. The van der Waals surface area contributed by atoms with Crippen molar-refractivity contribution in [1.82, 2.24) is 9.97 Å². The van der Waals surface area contributed by atoms with Crippen molar-refractivity contribution in [2.75, 3.05) is 25.2 Å². The van der Waals surface area contributed by atoms with Gasteiger partial charge in [0.15, 0.2) is 5.82 Å². The van der Waals surface area contributed by atoms with Gasteiger partial charge in [0.1, 0.15) is 11.6 Å². The quantitative estimate of drug-likeness (QED) is 0.710. The molecule has 2 heterocycles. The zero-order valence-corrected chi connectivity index (χ0v) is 16.0. The van der Waals surface area contributed by atoms with Crippen molar-refractivity contribution < 1.29 is 9.84 Å². The number of aromatic hydroxyl groups is 1. The molecule has 27 heavy (non-hydrogen) atoms. The van der Waals surface area contributed by atoms with Gasteiger partial charge in [-0.05, 0) is 49.6 Å². The Labute approximate surface area is 163 Å². The van der Waals surface area contributed by atoms with E-state index in [9.17, 15) is 5.11 Å². The predicted molar refractivity (Wildman–Crippen MR) is 109 cm³/mol. The molecule has 1 atom stereocenters. The van der Waals surface area contributed by atoms with E-state index in [0.29, 0.717) is 23.0 Å². The lowest BCUT2D eigenvalue weighted by atomic mass is 10.0. The number of para-hydroxylation sites is 1. The van der Waals surface area contributed by atoms with E-state index in [0.717, 1.165) is 36.1 Å². The molecule has 1 saturated heterocycles.